The summed E-state index contributed by atoms with van der Waals surface area (Å²) >= 11 is 0. The number of pyridine rings is 1. The van der Waals surface area contributed by atoms with Gasteiger partial charge in [0.25, 0.3) is 0 Å². The Kier molecular flexibility index (Phi) is 20.6. The van der Waals surface area contributed by atoms with E-state index in [4.69, 9.17) is 0 Å². The summed E-state index contributed by atoms with van der Waals surface area (Å²) in [5.41, 5.74) is 14.0. The van der Waals surface area contributed by atoms with E-state index in [1.807, 2.05) is 67.6 Å². The summed E-state index contributed by atoms with van der Waals surface area (Å²) in [5, 5.41) is 1.94. The van der Waals surface area contributed by atoms with Crippen LogP contribution in [0, 0.1) is 19.8 Å². The van der Waals surface area contributed by atoms with E-state index in [-0.39, 0.29) is 5.41 Å². The number of unbranched alkanes of at least 4 members (excludes halogenated alkanes) is 1. The molecule has 0 amide bonds. The van der Waals surface area contributed by atoms with Crippen LogP contribution < -0.4 is 15.3 Å². The van der Waals surface area contributed by atoms with Crippen LogP contribution in [0.2, 0.25) is 0 Å². The molecule has 0 radical (unpaired) electrons. The largest absolute Gasteiger partial charge is 0.309 e. The molecule has 322 valence electrons. The second-order valence-corrected chi connectivity index (χ2v) is 16.1. The van der Waals surface area contributed by atoms with Gasteiger partial charge in [-0.2, -0.15) is 0 Å². The number of aromatic nitrogens is 1. The molecule has 0 saturated heterocycles. The van der Waals surface area contributed by atoms with E-state index in [0.717, 1.165) is 57.9 Å². The van der Waals surface area contributed by atoms with Gasteiger partial charge in [-0.25, -0.2) is 0 Å². The molecule has 1 unspecified atom stereocenters. The number of rotatable bonds is 16. The first-order chi connectivity index (χ1) is 29.9. The Bertz CT molecular complexity index is 2450. The van der Waals surface area contributed by atoms with Crippen molar-refractivity contribution in [1.29, 1.82) is 0 Å². The molecule has 0 N–H and O–H groups in total. The van der Waals surface area contributed by atoms with Crippen LogP contribution in [0.3, 0.4) is 0 Å². The van der Waals surface area contributed by atoms with E-state index in [0.29, 0.717) is 5.92 Å². The summed E-state index contributed by atoms with van der Waals surface area (Å²) in [7, 11) is 0. The van der Waals surface area contributed by atoms with Crippen LogP contribution >= 0.6 is 0 Å². The molecule has 0 aliphatic heterocycles. The number of aryl methyl sites for hydroxylation is 3. The maximum absolute atomic E-state index is 4.34. The molecule has 1 atom stereocenters. The van der Waals surface area contributed by atoms with E-state index >= 15 is 0 Å². The van der Waals surface area contributed by atoms with E-state index in [1.54, 1.807) is 12.4 Å². The fourth-order valence-electron chi connectivity index (χ4n) is 7.46. The molecule has 2 nitrogen and oxygen atoms in total. The van der Waals surface area contributed by atoms with Gasteiger partial charge in [0.1, 0.15) is 0 Å². The van der Waals surface area contributed by atoms with Gasteiger partial charge < -0.3 is 4.90 Å². The number of hydrogen-bond donors (Lipinski definition) is 0. The lowest BCUT2D eigenvalue weighted by atomic mass is 9.76. The second-order valence-electron chi connectivity index (χ2n) is 16.1. The lowest BCUT2D eigenvalue weighted by molar-refractivity contribution is 0.640. The predicted molar refractivity (Wildman–Crippen MR) is 277 cm³/mol. The van der Waals surface area contributed by atoms with Crippen molar-refractivity contribution in [2.45, 2.75) is 93.4 Å². The van der Waals surface area contributed by atoms with Gasteiger partial charge in [-0.3, -0.25) is 4.98 Å². The van der Waals surface area contributed by atoms with E-state index < -0.39 is 0 Å². The zero-order chi connectivity index (χ0) is 45.7. The fraction of sp³-hybridized carbons (Fsp3) is 0.250. The minimum Gasteiger partial charge on any atom is -0.309 e. The average molecular weight is 821 g/mol. The molecule has 0 fully saturated rings. The second kappa shape index (κ2) is 25.5. The van der Waals surface area contributed by atoms with Crippen LogP contribution in [0.5, 0.6) is 0 Å². The molecule has 0 spiro atoms. The highest BCUT2D eigenvalue weighted by Gasteiger charge is 2.27. The predicted octanol–water partition coefficient (Wildman–Crippen LogP) is 15.3. The number of anilines is 1. The molecule has 2 heteroatoms. The summed E-state index contributed by atoms with van der Waals surface area (Å²) in [4.78, 5) is 6.10. The molecule has 0 aliphatic rings. The molecule has 5 rings (SSSR count). The van der Waals surface area contributed by atoms with E-state index in [1.165, 1.54) is 45.4 Å². The fourth-order valence-corrected chi connectivity index (χ4v) is 7.46. The zero-order valence-corrected chi connectivity index (χ0v) is 39.3. The third kappa shape index (κ3) is 13.4. The molecule has 5 aromatic rings. The molecular formula is C60H72N2. The summed E-state index contributed by atoms with van der Waals surface area (Å²) < 4.78 is 0. The summed E-state index contributed by atoms with van der Waals surface area (Å²) in [5.74, 6) is 0.655. The maximum Gasteiger partial charge on any atom is 0.0543 e. The number of benzene rings is 4. The van der Waals surface area contributed by atoms with Crippen molar-refractivity contribution in [2.24, 2.45) is 5.92 Å². The molecule has 0 bridgehead atoms. The lowest BCUT2D eigenvalue weighted by Crippen LogP contribution is -2.33. The van der Waals surface area contributed by atoms with Gasteiger partial charge in [-0.15, -0.1) is 0 Å². The third-order valence-corrected chi connectivity index (χ3v) is 11.3. The van der Waals surface area contributed by atoms with Crippen LogP contribution in [0.25, 0.3) is 30.0 Å². The maximum atomic E-state index is 4.34. The van der Waals surface area contributed by atoms with Crippen molar-refractivity contribution in [3.05, 3.63) is 233 Å². The standard InChI is InChI=1S/C39H43N.C15H22.C6H7N/c1-10-15-16-24-34(20-11-2)40(37(14-5)36-25-18-17-22-30(36)7)38-28-33(27-31(12-3)35(38)13-4)39(8,9)32-23-19-21-29(6)26-32;1-5-12(4)14(7-3)15-11-9-8-10-13(15)6-2;1-6-2-4-7-5-3-6/h11-14,16-28H,2-5,7,10,15H2,1,6,8-9H3;7-12H,5-6H2,1-4H3;2-5H,1H3/b24-16-,34-20+,37-36+;14-7-;. The van der Waals surface area contributed by atoms with Crippen LogP contribution in [0.15, 0.2) is 178 Å². The Hall–Kier alpha value is -6.25. The zero-order valence-electron chi connectivity index (χ0n) is 39.3. The van der Waals surface area contributed by atoms with Crippen molar-refractivity contribution in [3.8, 4) is 0 Å². The van der Waals surface area contributed by atoms with Crippen LogP contribution in [-0.2, 0) is 11.8 Å². The Balaban J connectivity index is 0.000000377. The highest BCUT2D eigenvalue weighted by molar-refractivity contribution is 5.87. The van der Waals surface area contributed by atoms with Crippen molar-refractivity contribution in [1.82, 2.24) is 4.98 Å². The molecule has 4 aromatic carbocycles. The van der Waals surface area contributed by atoms with Gasteiger partial charge >= 0.3 is 0 Å². The normalized spacial score (nSPS) is 12.5. The minimum atomic E-state index is -0.261. The highest BCUT2D eigenvalue weighted by atomic mass is 15.2. The molecule has 0 aliphatic carbocycles. The first-order valence-electron chi connectivity index (χ1n) is 22.2. The molecule has 1 heterocycles. The van der Waals surface area contributed by atoms with Crippen molar-refractivity contribution >= 4 is 35.7 Å². The van der Waals surface area contributed by atoms with Crippen molar-refractivity contribution < 1.29 is 0 Å². The molecule has 0 saturated carbocycles. The first kappa shape index (κ1) is 50.1. The van der Waals surface area contributed by atoms with Gasteiger partial charge in [0.2, 0.25) is 0 Å². The Labute approximate surface area is 376 Å². The van der Waals surface area contributed by atoms with Gasteiger partial charge in [-0.1, -0.05) is 196 Å². The monoisotopic (exact) mass is 821 g/mol. The van der Waals surface area contributed by atoms with Gasteiger partial charge in [0.05, 0.1) is 11.4 Å². The van der Waals surface area contributed by atoms with Crippen molar-refractivity contribution in [3.63, 3.8) is 0 Å². The Morgan fingerprint density at radius 2 is 1.48 bits per heavy atom. The topological polar surface area (TPSA) is 16.1 Å². The van der Waals surface area contributed by atoms with Gasteiger partial charge in [0.15, 0.2) is 0 Å². The van der Waals surface area contributed by atoms with E-state index in [9.17, 15) is 0 Å². The van der Waals surface area contributed by atoms with E-state index in [2.05, 4.69) is 183 Å². The third-order valence-electron chi connectivity index (χ3n) is 11.3. The highest BCUT2D eigenvalue weighted by Crippen LogP contribution is 2.40. The smallest absolute Gasteiger partial charge is 0.0543 e. The van der Waals surface area contributed by atoms with Crippen LogP contribution in [0.4, 0.5) is 5.69 Å². The summed E-state index contributed by atoms with van der Waals surface area (Å²) in [6.07, 6.45) is 24.2. The Morgan fingerprint density at radius 3 is 2.03 bits per heavy atom. The quantitative estimate of drug-likeness (QED) is 0.0922. The lowest BCUT2D eigenvalue weighted by Gasteiger charge is -2.33. The molecule has 1 aromatic heterocycles. The average Bonchev–Trinajstić information content (AvgIpc) is 3.29. The number of allylic oxidation sites excluding steroid dienone is 6. The van der Waals surface area contributed by atoms with Crippen LogP contribution in [0.1, 0.15) is 112 Å². The van der Waals surface area contributed by atoms with Crippen LogP contribution in [-0.4, -0.2) is 4.98 Å². The summed E-state index contributed by atoms with van der Waals surface area (Å²) in [6.45, 7) is 40.9. The first-order valence-corrected chi connectivity index (χ1v) is 22.2. The molecular weight excluding hydrogens is 749 g/mol. The SMILES string of the molecule is C/C=C(\c1ccccc1CC)C(C)CC.C=C/C=C(\C=C/CCC)N(/C(C=C)=c1\ccccc1=C)c1cc(C(C)(C)c2cccc(C)c2)cc(C=C)c1C=C.Cc1ccncc1. The van der Waals surface area contributed by atoms with Gasteiger partial charge in [-0.05, 0) is 127 Å². The summed E-state index contributed by atoms with van der Waals surface area (Å²) in [6, 6.07) is 34.1. The van der Waals surface area contributed by atoms with Gasteiger partial charge in [0, 0.05) is 34.3 Å². The number of hydrogen-bond acceptors (Lipinski definition) is 2. The minimum absolute atomic E-state index is 0.261. The number of nitrogens with zero attached hydrogens (tertiary/aromatic N) is 2. The Morgan fingerprint density at radius 1 is 0.790 bits per heavy atom. The molecule has 62 heavy (non-hydrogen) atoms. The van der Waals surface area contributed by atoms with Crippen molar-refractivity contribution in [2.75, 3.05) is 4.90 Å².